The van der Waals surface area contributed by atoms with Gasteiger partial charge >= 0.3 is 5.97 Å². The number of benzene rings is 1. The SMILES string of the molecule is Cc1cc2c(cc1-c1ncncc1C(=O)O)OCCO2. The van der Waals surface area contributed by atoms with Gasteiger partial charge in [-0.3, -0.25) is 0 Å². The van der Waals surface area contributed by atoms with Gasteiger partial charge in [0, 0.05) is 11.8 Å². The molecule has 0 saturated heterocycles. The molecule has 1 aromatic carbocycles. The molecule has 0 unspecified atom stereocenters. The van der Waals surface area contributed by atoms with E-state index >= 15 is 0 Å². The molecule has 0 saturated carbocycles. The van der Waals surface area contributed by atoms with E-state index in [1.54, 1.807) is 6.07 Å². The topological polar surface area (TPSA) is 81.5 Å². The summed E-state index contributed by atoms with van der Waals surface area (Å²) in [4.78, 5) is 19.1. The molecule has 102 valence electrons. The number of hydrogen-bond donors (Lipinski definition) is 1. The van der Waals surface area contributed by atoms with Gasteiger partial charge in [0.25, 0.3) is 0 Å². The van der Waals surface area contributed by atoms with Crippen molar-refractivity contribution in [2.24, 2.45) is 0 Å². The van der Waals surface area contributed by atoms with Crippen LogP contribution in [0.15, 0.2) is 24.7 Å². The monoisotopic (exact) mass is 272 g/mol. The molecule has 0 aliphatic carbocycles. The fourth-order valence-corrected chi connectivity index (χ4v) is 2.15. The molecular formula is C14H12N2O4. The van der Waals surface area contributed by atoms with Gasteiger partial charge < -0.3 is 14.6 Å². The predicted octanol–water partition coefficient (Wildman–Crippen LogP) is 1.92. The van der Waals surface area contributed by atoms with E-state index in [1.807, 2.05) is 13.0 Å². The number of aryl methyl sites for hydroxylation is 1. The maximum Gasteiger partial charge on any atom is 0.339 e. The first-order valence-corrected chi connectivity index (χ1v) is 6.10. The minimum absolute atomic E-state index is 0.0623. The Morgan fingerprint density at radius 3 is 2.65 bits per heavy atom. The summed E-state index contributed by atoms with van der Waals surface area (Å²) in [5.74, 6) is 0.213. The molecule has 0 spiro atoms. The van der Waals surface area contributed by atoms with Crippen molar-refractivity contribution in [3.05, 3.63) is 35.8 Å². The Morgan fingerprint density at radius 1 is 1.25 bits per heavy atom. The first-order valence-electron chi connectivity index (χ1n) is 6.10. The zero-order valence-electron chi connectivity index (χ0n) is 10.8. The van der Waals surface area contributed by atoms with Crippen molar-refractivity contribution in [1.82, 2.24) is 9.97 Å². The molecule has 20 heavy (non-hydrogen) atoms. The number of aromatic nitrogens is 2. The second kappa shape index (κ2) is 4.80. The number of rotatable bonds is 2. The molecule has 1 aliphatic heterocycles. The van der Waals surface area contributed by atoms with Gasteiger partial charge in [-0.15, -0.1) is 0 Å². The molecule has 1 N–H and O–H groups in total. The first-order chi connectivity index (χ1) is 9.66. The molecule has 0 fully saturated rings. The van der Waals surface area contributed by atoms with Gasteiger partial charge in [-0.2, -0.15) is 0 Å². The molecule has 0 amide bonds. The third-order valence-electron chi connectivity index (χ3n) is 3.09. The molecule has 3 rings (SSSR count). The number of carboxylic acid groups (broad SMARTS) is 1. The first kappa shape index (κ1) is 12.4. The second-order valence-corrected chi connectivity index (χ2v) is 4.40. The Labute approximate surface area is 115 Å². The molecular weight excluding hydrogens is 260 g/mol. The summed E-state index contributed by atoms with van der Waals surface area (Å²) in [7, 11) is 0. The lowest BCUT2D eigenvalue weighted by Crippen LogP contribution is -2.15. The van der Waals surface area contributed by atoms with Crippen LogP contribution >= 0.6 is 0 Å². The van der Waals surface area contributed by atoms with Crippen LogP contribution in [0, 0.1) is 6.92 Å². The third kappa shape index (κ3) is 2.05. The Hall–Kier alpha value is -2.63. The van der Waals surface area contributed by atoms with Crippen LogP contribution in [0.1, 0.15) is 15.9 Å². The predicted molar refractivity (Wildman–Crippen MR) is 70.2 cm³/mol. The van der Waals surface area contributed by atoms with Gasteiger partial charge in [0.1, 0.15) is 25.1 Å². The highest BCUT2D eigenvalue weighted by atomic mass is 16.6. The number of nitrogens with zero attached hydrogens (tertiary/aromatic N) is 2. The zero-order valence-corrected chi connectivity index (χ0v) is 10.8. The summed E-state index contributed by atoms with van der Waals surface area (Å²) in [6, 6.07) is 3.59. The van der Waals surface area contributed by atoms with Crippen LogP contribution in [0.25, 0.3) is 11.3 Å². The van der Waals surface area contributed by atoms with E-state index in [0.29, 0.717) is 36.0 Å². The van der Waals surface area contributed by atoms with Crippen LogP contribution in [0.4, 0.5) is 0 Å². The third-order valence-corrected chi connectivity index (χ3v) is 3.09. The highest BCUT2D eigenvalue weighted by Gasteiger charge is 2.19. The van der Waals surface area contributed by atoms with Crippen LogP contribution in [0.2, 0.25) is 0 Å². The Bertz CT molecular complexity index is 685. The maximum absolute atomic E-state index is 11.3. The maximum atomic E-state index is 11.3. The van der Waals surface area contributed by atoms with Crippen molar-refractivity contribution in [1.29, 1.82) is 0 Å². The van der Waals surface area contributed by atoms with E-state index in [9.17, 15) is 9.90 Å². The molecule has 0 radical (unpaired) electrons. The lowest BCUT2D eigenvalue weighted by Gasteiger charge is -2.20. The molecule has 0 bridgehead atoms. The summed E-state index contributed by atoms with van der Waals surface area (Å²) >= 11 is 0. The van der Waals surface area contributed by atoms with E-state index in [0.717, 1.165) is 5.56 Å². The normalized spacial score (nSPS) is 13.1. The van der Waals surface area contributed by atoms with Gasteiger partial charge in [-0.1, -0.05) is 0 Å². The van der Waals surface area contributed by atoms with E-state index in [-0.39, 0.29) is 5.56 Å². The van der Waals surface area contributed by atoms with Gasteiger partial charge in [-0.25, -0.2) is 14.8 Å². The van der Waals surface area contributed by atoms with E-state index < -0.39 is 5.97 Å². The second-order valence-electron chi connectivity index (χ2n) is 4.40. The van der Waals surface area contributed by atoms with Gasteiger partial charge in [-0.05, 0) is 24.6 Å². The molecule has 6 heteroatoms. The summed E-state index contributed by atoms with van der Waals surface area (Å²) in [6.45, 7) is 2.87. The lowest BCUT2D eigenvalue weighted by molar-refractivity contribution is 0.0697. The number of fused-ring (bicyclic) bond motifs is 1. The Kier molecular flexibility index (Phi) is 2.98. The van der Waals surface area contributed by atoms with E-state index in [4.69, 9.17) is 9.47 Å². The van der Waals surface area contributed by atoms with Crippen LogP contribution in [-0.4, -0.2) is 34.3 Å². The van der Waals surface area contributed by atoms with Crippen molar-refractivity contribution in [2.75, 3.05) is 13.2 Å². The minimum atomic E-state index is -1.06. The molecule has 2 aromatic rings. The molecule has 1 aliphatic rings. The average molecular weight is 272 g/mol. The Morgan fingerprint density at radius 2 is 1.95 bits per heavy atom. The molecule has 0 atom stereocenters. The van der Waals surface area contributed by atoms with Crippen LogP contribution in [0.3, 0.4) is 0 Å². The standard InChI is InChI=1S/C14H12N2O4/c1-8-4-11-12(20-3-2-19-11)5-9(8)13-10(14(17)18)6-15-7-16-13/h4-7H,2-3H2,1H3,(H,17,18). The zero-order chi connectivity index (χ0) is 14.1. The number of carbonyl (C=O) groups is 1. The summed E-state index contributed by atoms with van der Waals surface area (Å²) < 4.78 is 11.0. The molecule has 6 nitrogen and oxygen atoms in total. The molecule has 1 aromatic heterocycles. The molecule has 2 heterocycles. The van der Waals surface area contributed by atoms with Crippen molar-refractivity contribution in [3.63, 3.8) is 0 Å². The summed E-state index contributed by atoms with van der Waals surface area (Å²) in [6.07, 6.45) is 2.62. The lowest BCUT2D eigenvalue weighted by atomic mass is 10.0. The highest BCUT2D eigenvalue weighted by Crippen LogP contribution is 2.37. The summed E-state index contributed by atoms with van der Waals surface area (Å²) in [5.41, 5.74) is 2.01. The van der Waals surface area contributed by atoms with Crippen molar-refractivity contribution < 1.29 is 19.4 Å². The van der Waals surface area contributed by atoms with Crippen molar-refractivity contribution in [3.8, 4) is 22.8 Å². The van der Waals surface area contributed by atoms with Gasteiger partial charge in [0.2, 0.25) is 0 Å². The number of hydrogen-bond acceptors (Lipinski definition) is 5. The van der Waals surface area contributed by atoms with Crippen molar-refractivity contribution >= 4 is 5.97 Å². The average Bonchev–Trinajstić information content (AvgIpc) is 2.46. The quantitative estimate of drug-likeness (QED) is 0.899. The number of aromatic carboxylic acids is 1. The summed E-state index contributed by atoms with van der Waals surface area (Å²) in [5, 5.41) is 9.22. The minimum Gasteiger partial charge on any atom is -0.486 e. The highest BCUT2D eigenvalue weighted by molar-refractivity contribution is 5.95. The smallest absolute Gasteiger partial charge is 0.339 e. The van der Waals surface area contributed by atoms with Crippen LogP contribution in [0.5, 0.6) is 11.5 Å². The largest absolute Gasteiger partial charge is 0.486 e. The fourth-order valence-electron chi connectivity index (χ4n) is 2.15. The van der Waals surface area contributed by atoms with Gasteiger partial charge in [0.15, 0.2) is 11.5 Å². The van der Waals surface area contributed by atoms with Crippen LogP contribution in [-0.2, 0) is 0 Å². The Balaban J connectivity index is 2.18. The van der Waals surface area contributed by atoms with Gasteiger partial charge in [0.05, 0.1) is 5.69 Å². The fraction of sp³-hybridized carbons (Fsp3) is 0.214. The van der Waals surface area contributed by atoms with E-state index in [1.165, 1.54) is 12.5 Å². The van der Waals surface area contributed by atoms with Crippen molar-refractivity contribution in [2.45, 2.75) is 6.92 Å². The number of ether oxygens (including phenoxy) is 2. The van der Waals surface area contributed by atoms with Crippen LogP contribution < -0.4 is 9.47 Å². The van der Waals surface area contributed by atoms with E-state index in [2.05, 4.69) is 9.97 Å². The number of carboxylic acids is 1.